The second-order valence-corrected chi connectivity index (χ2v) is 7.05. The van der Waals surface area contributed by atoms with Crippen molar-refractivity contribution in [3.8, 4) is 0 Å². The van der Waals surface area contributed by atoms with Crippen LogP contribution < -0.4 is 4.90 Å². The van der Waals surface area contributed by atoms with Crippen LogP contribution in [0.3, 0.4) is 0 Å². The van der Waals surface area contributed by atoms with E-state index in [1.165, 1.54) is 0 Å². The Morgan fingerprint density at radius 2 is 1.78 bits per heavy atom. The van der Waals surface area contributed by atoms with Crippen molar-refractivity contribution in [1.82, 2.24) is 14.9 Å². The van der Waals surface area contributed by atoms with Crippen molar-refractivity contribution in [3.05, 3.63) is 18.0 Å². The molecule has 3 aliphatic heterocycles. The lowest BCUT2D eigenvalue weighted by Gasteiger charge is -2.39. The number of rotatable bonds is 2. The number of nitrogens with zero attached hydrogens (tertiary/aromatic N) is 4. The van der Waals surface area contributed by atoms with Gasteiger partial charge in [-0.2, -0.15) is 0 Å². The maximum atomic E-state index is 6.30. The first-order chi connectivity index (χ1) is 11.2. The lowest BCUT2D eigenvalue weighted by atomic mass is 9.87. The third kappa shape index (κ3) is 3.20. The summed E-state index contributed by atoms with van der Waals surface area (Å²) in [7, 11) is 0. The zero-order valence-corrected chi connectivity index (χ0v) is 13.9. The smallest absolute Gasteiger partial charge is 0.225 e. The van der Waals surface area contributed by atoms with E-state index in [0.29, 0.717) is 6.04 Å². The van der Waals surface area contributed by atoms with Crippen LogP contribution in [-0.2, 0) is 9.47 Å². The molecule has 4 heterocycles. The van der Waals surface area contributed by atoms with Crippen LogP contribution >= 0.6 is 0 Å². The fourth-order valence-electron chi connectivity index (χ4n) is 4.01. The van der Waals surface area contributed by atoms with Gasteiger partial charge in [0.15, 0.2) is 0 Å². The Bertz CT molecular complexity index is 522. The quantitative estimate of drug-likeness (QED) is 0.818. The summed E-state index contributed by atoms with van der Waals surface area (Å²) in [6.07, 6.45) is 7.10. The van der Waals surface area contributed by atoms with Crippen molar-refractivity contribution in [2.24, 2.45) is 0 Å². The van der Waals surface area contributed by atoms with Crippen molar-refractivity contribution in [1.29, 1.82) is 0 Å². The van der Waals surface area contributed by atoms with Crippen LogP contribution in [0.15, 0.2) is 12.4 Å². The normalized spacial score (nSPS) is 28.4. The van der Waals surface area contributed by atoms with E-state index < -0.39 is 0 Å². The van der Waals surface area contributed by atoms with E-state index in [-0.39, 0.29) is 5.60 Å². The van der Waals surface area contributed by atoms with E-state index >= 15 is 0 Å². The van der Waals surface area contributed by atoms with Crippen molar-refractivity contribution < 1.29 is 9.47 Å². The molecule has 3 fully saturated rings. The second-order valence-electron chi connectivity index (χ2n) is 7.05. The minimum atomic E-state index is 0.0736. The van der Waals surface area contributed by atoms with E-state index in [9.17, 15) is 0 Å². The molecule has 6 nitrogen and oxygen atoms in total. The number of aryl methyl sites for hydroxylation is 1. The Morgan fingerprint density at radius 1 is 1.09 bits per heavy atom. The fourth-order valence-corrected chi connectivity index (χ4v) is 4.01. The number of hydrogen-bond acceptors (Lipinski definition) is 6. The van der Waals surface area contributed by atoms with Gasteiger partial charge in [-0.05, 0) is 31.7 Å². The first kappa shape index (κ1) is 15.3. The number of morpholine rings is 1. The average molecular weight is 318 g/mol. The van der Waals surface area contributed by atoms with Crippen LogP contribution in [0, 0.1) is 6.92 Å². The molecule has 0 amide bonds. The van der Waals surface area contributed by atoms with Crippen molar-refractivity contribution in [2.45, 2.75) is 37.8 Å². The Hall–Kier alpha value is -1.24. The first-order valence-electron chi connectivity index (χ1n) is 8.73. The van der Waals surface area contributed by atoms with Gasteiger partial charge >= 0.3 is 0 Å². The van der Waals surface area contributed by atoms with Gasteiger partial charge in [0.05, 0.1) is 25.4 Å². The third-order valence-electron chi connectivity index (χ3n) is 5.48. The monoisotopic (exact) mass is 318 g/mol. The van der Waals surface area contributed by atoms with Gasteiger partial charge in [-0.1, -0.05) is 0 Å². The topological polar surface area (TPSA) is 50.7 Å². The van der Waals surface area contributed by atoms with E-state index in [0.717, 1.165) is 76.8 Å². The molecule has 0 saturated carbocycles. The van der Waals surface area contributed by atoms with Crippen LogP contribution in [0.5, 0.6) is 0 Å². The van der Waals surface area contributed by atoms with Gasteiger partial charge in [0.1, 0.15) is 0 Å². The van der Waals surface area contributed by atoms with Crippen LogP contribution in [0.25, 0.3) is 0 Å². The van der Waals surface area contributed by atoms with Crippen LogP contribution in [-0.4, -0.2) is 72.5 Å². The summed E-state index contributed by atoms with van der Waals surface area (Å²) in [6.45, 7) is 8.69. The van der Waals surface area contributed by atoms with Gasteiger partial charge in [-0.25, -0.2) is 9.97 Å². The Kier molecular flexibility index (Phi) is 4.22. The standard InChI is InChI=1S/C17H26N4O2/c1-14-11-18-16(19-12-14)21-4-2-17(3-5-21)10-15(13-23-17)20-6-8-22-9-7-20/h11-12,15H,2-10,13H2,1H3. The molecule has 1 unspecified atom stereocenters. The fraction of sp³-hybridized carbons (Fsp3) is 0.765. The Balaban J connectivity index is 1.35. The second kappa shape index (κ2) is 6.34. The van der Waals surface area contributed by atoms with Gasteiger partial charge in [0, 0.05) is 44.6 Å². The summed E-state index contributed by atoms with van der Waals surface area (Å²) < 4.78 is 11.8. The molecule has 0 radical (unpaired) electrons. The molecule has 23 heavy (non-hydrogen) atoms. The third-order valence-corrected chi connectivity index (χ3v) is 5.48. The SMILES string of the molecule is Cc1cnc(N2CCC3(CC2)CC(N2CCOCC2)CO3)nc1. The summed E-state index contributed by atoms with van der Waals surface area (Å²) in [5, 5.41) is 0. The summed E-state index contributed by atoms with van der Waals surface area (Å²) in [5.74, 6) is 0.855. The highest BCUT2D eigenvalue weighted by Crippen LogP contribution is 2.38. The number of hydrogen-bond donors (Lipinski definition) is 0. The number of ether oxygens (including phenoxy) is 2. The van der Waals surface area contributed by atoms with Crippen molar-refractivity contribution >= 4 is 5.95 Å². The van der Waals surface area contributed by atoms with E-state index in [4.69, 9.17) is 9.47 Å². The predicted molar refractivity (Wildman–Crippen MR) is 87.7 cm³/mol. The van der Waals surface area contributed by atoms with Gasteiger partial charge in [-0.15, -0.1) is 0 Å². The molecular formula is C17H26N4O2. The number of piperidine rings is 1. The molecule has 4 rings (SSSR count). The summed E-state index contributed by atoms with van der Waals surface area (Å²) >= 11 is 0. The Morgan fingerprint density at radius 3 is 2.48 bits per heavy atom. The Labute approximate surface area is 137 Å². The van der Waals surface area contributed by atoms with E-state index in [1.807, 2.05) is 19.3 Å². The van der Waals surface area contributed by atoms with E-state index in [1.54, 1.807) is 0 Å². The molecule has 1 aromatic heterocycles. The molecule has 1 spiro atoms. The molecule has 0 aromatic carbocycles. The molecule has 3 aliphatic rings. The molecule has 1 atom stereocenters. The van der Waals surface area contributed by atoms with Crippen LogP contribution in [0.4, 0.5) is 5.95 Å². The van der Waals surface area contributed by atoms with Gasteiger partial charge in [0.25, 0.3) is 0 Å². The summed E-state index contributed by atoms with van der Waals surface area (Å²) in [5.41, 5.74) is 1.18. The van der Waals surface area contributed by atoms with Crippen molar-refractivity contribution in [3.63, 3.8) is 0 Å². The highest BCUT2D eigenvalue weighted by atomic mass is 16.5. The molecule has 0 N–H and O–H groups in total. The van der Waals surface area contributed by atoms with Crippen LogP contribution in [0.2, 0.25) is 0 Å². The molecule has 126 valence electrons. The average Bonchev–Trinajstić information content (AvgIpc) is 3.01. The van der Waals surface area contributed by atoms with Gasteiger partial charge in [0.2, 0.25) is 5.95 Å². The number of aromatic nitrogens is 2. The lowest BCUT2D eigenvalue weighted by Crippen LogP contribution is -2.47. The minimum absolute atomic E-state index is 0.0736. The van der Waals surface area contributed by atoms with Gasteiger partial charge < -0.3 is 14.4 Å². The molecule has 6 heteroatoms. The zero-order valence-electron chi connectivity index (χ0n) is 13.9. The number of anilines is 1. The first-order valence-corrected chi connectivity index (χ1v) is 8.73. The lowest BCUT2D eigenvalue weighted by molar-refractivity contribution is -0.0184. The largest absolute Gasteiger partial charge is 0.379 e. The molecular weight excluding hydrogens is 292 g/mol. The predicted octanol–water partition coefficient (Wildman–Crippen LogP) is 1.25. The van der Waals surface area contributed by atoms with Crippen molar-refractivity contribution in [2.75, 3.05) is 50.9 Å². The van der Waals surface area contributed by atoms with E-state index in [2.05, 4.69) is 19.8 Å². The summed E-state index contributed by atoms with van der Waals surface area (Å²) in [6, 6.07) is 0.570. The minimum Gasteiger partial charge on any atom is -0.379 e. The molecule has 1 aromatic rings. The molecule has 0 bridgehead atoms. The van der Waals surface area contributed by atoms with Crippen LogP contribution in [0.1, 0.15) is 24.8 Å². The van der Waals surface area contributed by atoms with Gasteiger partial charge in [-0.3, -0.25) is 4.90 Å². The summed E-state index contributed by atoms with van der Waals surface area (Å²) in [4.78, 5) is 13.8. The molecule has 3 saturated heterocycles. The zero-order chi connectivity index (χ0) is 15.7. The molecule has 0 aliphatic carbocycles. The highest BCUT2D eigenvalue weighted by molar-refractivity contribution is 5.31. The maximum Gasteiger partial charge on any atom is 0.225 e. The highest BCUT2D eigenvalue weighted by Gasteiger charge is 2.44. The maximum absolute atomic E-state index is 6.30.